The quantitative estimate of drug-likeness (QED) is 0.631. The summed E-state index contributed by atoms with van der Waals surface area (Å²) in [5, 5.41) is 9.85. The number of carbonyl (C=O) groups is 1. The van der Waals surface area contributed by atoms with Crippen molar-refractivity contribution < 1.29 is 18.8 Å². The number of rotatable bonds is 5. The Morgan fingerprint density at radius 3 is 2.64 bits per heavy atom. The van der Waals surface area contributed by atoms with E-state index in [1.54, 1.807) is 4.90 Å². The minimum absolute atomic E-state index is 0.0334. The van der Waals surface area contributed by atoms with Crippen LogP contribution in [0.15, 0.2) is 34.8 Å². The summed E-state index contributed by atoms with van der Waals surface area (Å²) in [7, 11) is -1.29. The van der Waals surface area contributed by atoms with Crippen molar-refractivity contribution in [1.82, 2.24) is 14.2 Å². The Labute approximate surface area is 205 Å². The average Bonchev–Trinajstić information content (AvgIpc) is 3.15. The van der Waals surface area contributed by atoms with E-state index in [0.29, 0.717) is 50.7 Å². The highest BCUT2D eigenvalue weighted by molar-refractivity contribution is 9.10. The van der Waals surface area contributed by atoms with E-state index in [2.05, 4.69) is 15.9 Å². The zero-order valence-corrected chi connectivity index (χ0v) is 21.6. The number of ether oxygens (including phenoxy) is 1. The van der Waals surface area contributed by atoms with Crippen molar-refractivity contribution >= 4 is 32.8 Å². The molecule has 0 aliphatic carbocycles. The summed E-state index contributed by atoms with van der Waals surface area (Å²) >= 11 is 3.54. The molecule has 2 aromatic rings. The molecule has 7 nitrogen and oxygen atoms in total. The Morgan fingerprint density at radius 1 is 1.27 bits per heavy atom. The zero-order valence-electron chi connectivity index (χ0n) is 19.2. The fraction of sp³-hybridized carbons (Fsp3) is 0.500. The lowest BCUT2D eigenvalue weighted by atomic mass is 9.96. The SMILES string of the molecule is CC(C)(C)[S@@](=O)N1Cc2cc(C(=O)N3CCOCC3)nc(-c3cccc(Br)c3)c2[C@H]1CCO. The van der Waals surface area contributed by atoms with Crippen molar-refractivity contribution in [2.45, 2.75) is 44.5 Å². The number of nitrogens with zero attached hydrogens (tertiary/aromatic N) is 3. The van der Waals surface area contributed by atoms with Gasteiger partial charge < -0.3 is 14.7 Å². The van der Waals surface area contributed by atoms with Gasteiger partial charge in [0, 0.05) is 41.8 Å². The predicted octanol–water partition coefficient (Wildman–Crippen LogP) is 3.68. The van der Waals surface area contributed by atoms with Gasteiger partial charge in [-0.25, -0.2) is 13.5 Å². The van der Waals surface area contributed by atoms with Crippen molar-refractivity contribution in [1.29, 1.82) is 0 Å². The Morgan fingerprint density at radius 2 is 2.00 bits per heavy atom. The van der Waals surface area contributed by atoms with Gasteiger partial charge in [-0.15, -0.1) is 0 Å². The summed E-state index contributed by atoms with van der Waals surface area (Å²) in [5.74, 6) is -0.119. The van der Waals surface area contributed by atoms with Gasteiger partial charge in [0.1, 0.15) is 16.7 Å². The molecule has 2 atom stereocenters. The van der Waals surface area contributed by atoms with E-state index >= 15 is 0 Å². The molecule has 1 fully saturated rings. The molecule has 0 unspecified atom stereocenters. The van der Waals surface area contributed by atoms with Gasteiger partial charge in [-0.1, -0.05) is 28.1 Å². The van der Waals surface area contributed by atoms with E-state index < -0.39 is 15.7 Å². The molecule has 1 aromatic heterocycles. The van der Waals surface area contributed by atoms with Crippen LogP contribution in [0.2, 0.25) is 0 Å². The first kappa shape index (κ1) is 24.5. The molecular formula is C24H30BrN3O4S. The van der Waals surface area contributed by atoms with Gasteiger partial charge in [0.05, 0.1) is 29.7 Å². The van der Waals surface area contributed by atoms with Crippen molar-refractivity contribution in [2.75, 3.05) is 32.9 Å². The molecule has 0 saturated carbocycles. The molecule has 2 aliphatic rings. The number of hydrogen-bond donors (Lipinski definition) is 1. The largest absolute Gasteiger partial charge is 0.396 e. The number of fused-ring (bicyclic) bond motifs is 1. The first-order valence-corrected chi connectivity index (χ1v) is 13.1. The topological polar surface area (TPSA) is 83.0 Å². The number of amides is 1. The van der Waals surface area contributed by atoms with Crippen molar-refractivity contribution in [3.8, 4) is 11.3 Å². The molecule has 1 N–H and O–H groups in total. The van der Waals surface area contributed by atoms with Gasteiger partial charge in [0.2, 0.25) is 0 Å². The van der Waals surface area contributed by atoms with Crippen molar-refractivity contribution in [3.63, 3.8) is 0 Å². The minimum atomic E-state index is -1.29. The van der Waals surface area contributed by atoms with Crippen LogP contribution in [0.1, 0.15) is 54.8 Å². The van der Waals surface area contributed by atoms with Crippen LogP contribution in [0.3, 0.4) is 0 Å². The highest BCUT2D eigenvalue weighted by atomic mass is 79.9. The summed E-state index contributed by atoms with van der Waals surface area (Å²) in [5.41, 5.74) is 3.85. The molecule has 178 valence electrons. The number of carbonyl (C=O) groups excluding carboxylic acids is 1. The molecule has 4 rings (SSSR count). The maximum absolute atomic E-state index is 13.4. The molecule has 33 heavy (non-hydrogen) atoms. The number of halogens is 1. The van der Waals surface area contributed by atoms with Gasteiger partial charge in [0.25, 0.3) is 5.91 Å². The number of benzene rings is 1. The van der Waals surface area contributed by atoms with Crippen molar-refractivity contribution in [2.24, 2.45) is 0 Å². The maximum Gasteiger partial charge on any atom is 0.272 e. The minimum Gasteiger partial charge on any atom is -0.396 e. The van der Waals surface area contributed by atoms with Gasteiger partial charge in [-0.3, -0.25) is 4.79 Å². The molecule has 1 saturated heterocycles. The van der Waals surface area contributed by atoms with Crippen LogP contribution in [0.4, 0.5) is 0 Å². The fourth-order valence-corrected chi connectivity index (χ4v) is 6.16. The number of hydrogen-bond acceptors (Lipinski definition) is 5. The molecule has 1 amide bonds. The normalized spacial score (nSPS) is 20.0. The fourth-order valence-electron chi connectivity index (χ4n) is 4.36. The zero-order chi connectivity index (χ0) is 23.8. The van der Waals surface area contributed by atoms with E-state index in [9.17, 15) is 14.1 Å². The van der Waals surface area contributed by atoms with Gasteiger partial charge in [-0.05, 0) is 51.0 Å². The second-order valence-corrected chi connectivity index (χ2v) is 12.4. The van der Waals surface area contributed by atoms with Crippen LogP contribution >= 0.6 is 15.9 Å². The Hall–Kier alpha value is -1.65. The predicted molar refractivity (Wildman–Crippen MR) is 132 cm³/mol. The lowest BCUT2D eigenvalue weighted by molar-refractivity contribution is 0.0299. The number of aliphatic hydroxyl groups excluding tert-OH is 1. The third kappa shape index (κ3) is 5.07. The number of morpholine rings is 1. The third-order valence-electron chi connectivity index (χ3n) is 5.91. The van der Waals surface area contributed by atoms with E-state index in [1.165, 1.54) is 0 Å². The number of aromatic nitrogens is 1. The standard InChI is InChI=1S/C24H30BrN3O4S/c1-24(2,3)33(31)28-15-17-14-19(23(30)27-8-11-32-12-9-27)26-22(21(17)20(28)7-10-29)16-5-4-6-18(25)13-16/h4-6,13-14,20,29H,7-12,15H2,1-3H3/t20-,33-/m1/s1. The summed E-state index contributed by atoms with van der Waals surface area (Å²) < 4.78 is 21.2. The van der Waals surface area contributed by atoms with Crippen LogP contribution in [0.25, 0.3) is 11.3 Å². The molecular weight excluding hydrogens is 506 g/mol. The second-order valence-electron chi connectivity index (χ2n) is 9.31. The van der Waals surface area contributed by atoms with E-state index in [4.69, 9.17) is 9.72 Å². The number of pyridine rings is 1. The van der Waals surface area contributed by atoms with Crippen LogP contribution in [-0.4, -0.2) is 67.1 Å². The van der Waals surface area contributed by atoms with E-state index in [-0.39, 0.29) is 18.6 Å². The Bertz CT molecular complexity index is 1070. The Kier molecular flexibility index (Phi) is 7.35. The van der Waals surface area contributed by atoms with E-state index in [1.807, 2.05) is 55.4 Å². The highest BCUT2D eigenvalue weighted by Crippen LogP contribution is 2.44. The van der Waals surface area contributed by atoms with Crippen LogP contribution in [0, 0.1) is 0 Å². The van der Waals surface area contributed by atoms with E-state index in [0.717, 1.165) is 21.2 Å². The molecule has 9 heteroatoms. The maximum atomic E-state index is 13.4. The summed E-state index contributed by atoms with van der Waals surface area (Å²) in [6.07, 6.45) is 0.439. The molecule has 0 spiro atoms. The highest BCUT2D eigenvalue weighted by Gasteiger charge is 2.40. The van der Waals surface area contributed by atoms with Gasteiger partial charge >= 0.3 is 0 Å². The molecule has 1 aromatic carbocycles. The third-order valence-corrected chi connectivity index (χ3v) is 8.26. The van der Waals surface area contributed by atoms with Gasteiger partial charge in [-0.2, -0.15) is 0 Å². The molecule has 3 heterocycles. The number of aliphatic hydroxyl groups is 1. The lowest BCUT2D eigenvalue weighted by Gasteiger charge is -2.30. The first-order chi connectivity index (χ1) is 15.7. The van der Waals surface area contributed by atoms with Crippen LogP contribution in [0.5, 0.6) is 0 Å². The smallest absolute Gasteiger partial charge is 0.272 e. The van der Waals surface area contributed by atoms with Gasteiger partial charge in [0.15, 0.2) is 0 Å². The monoisotopic (exact) mass is 535 g/mol. The molecule has 0 bridgehead atoms. The molecule has 0 radical (unpaired) electrons. The van der Waals surface area contributed by atoms with Crippen molar-refractivity contribution in [3.05, 3.63) is 51.6 Å². The summed E-state index contributed by atoms with van der Waals surface area (Å²) in [4.78, 5) is 19.9. The summed E-state index contributed by atoms with van der Waals surface area (Å²) in [6.45, 7) is 8.37. The second kappa shape index (κ2) is 9.92. The van der Waals surface area contributed by atoms with Crippen LogP contribution in [-0.2, 0) is 22.3 Å². The Balaban J connectivity index is 1.85. The average molecular weight is 536 g/mol. The summed E-state index contributed by atoms with van der Waals surface area (Å²) in [6, 6.07) is 9.42. The molecule has 2 aliphatic heterocycles. The first-order valence-electron chi connectivity index (χ1n) is 11.2. The lowest BCUT2D eigenvalue weighted by Crippen LogP contribution is -2.41. The van der Waals surface area contributed by atoms with Crippen LogP contribution < -0.4 is 0 Å².